The molecule has 0 spiro atoms. The fourth-order valence-corrected chi connectivity index (χ4v) is 3.91. The van der Waals surface area contributed by atoms with Crippen LogP contribution >= 0.6 is 11.3 Å². The SMILES string of the molecule is O=C(Cc1csc(-c2ccoc2)n1)N[C@H]1CCCCC[C@H]1C(=O)O. The van der Waals surface area contributed by atoms with Crippen molar-refractivity contribution in [3.63, 3.8) is 0 Å². The van der Waals surface area contributed by atoms with Gasteiger partial charge in [0.1, 0.15) is 11.3 Å². The first-order chi connectivity index (χ1) is 11.6. The quantitative estimate of drug-likeness (QED) is 0.810. The van der Waals surface area contributed by atoms with Gasteiger partial charge in [-0.3, -0.25) is 9.59 Å². The fourth-order valence-electron chi connectivity index (χ4n) is 3.11. The van der Waals surface area contributed by atoms with Crippen LogP contribution in [0.25, 0.3) is 10.6 Å². The zero-order valence-corrected chi connectivity index (χ0v) is 14.1. The van der Waals surface area contributed by atoms with Crippen LogP contribution in [0.15, 0.2) is 28.4 Å². The Bertz CT molecular complexity index is 695. The summed E-state index contributed by atoms with van der Waals surface area (Å²) < 4.78 is 5.04. The van der Waals surface area contributed by atoms with Crippen LogP contribution in [0.1, 0.15) is 37.8 Å². The molecule has 3 rings (SSSR count). The number of carbonyl (C=O) groups excluding carboxylic acids is 1. The second kappa shape index (κ2) is 7.61. The number of hydrogen-bond donors (Lipinski definition) is 2. The Balaban J connectivity index is 1.61. The Morgan fingerprint density at radius 3 is 2.92 bits per heavy atom. The average Bonchev–Trinajstić information content (AvgIpc) is 3.16. The van der Waals surface area contributed by atoms with Crippen molar-refractivity contribution in [2.45, 2.75) is 44.6 Å². The van der Waals surface area contributed by atoms with E-state index in [0.29, 0.717) is 12.1 Å². The number of carbonyl (C=O) groups is 2. The first-order valence-corrected chi connectivity index (χ1v) is 9.00. The van der Waals surface area contributed by atoms with Crippen molar-refractivity contribution in [1.82, 2.24) is 10.3 Å². The van der Waals surface area contributed by atoms with Crippen molar-refractivity contribution in [2.24, 2.45) is 5.92 Å². The molecule has 6 nitrogen and oxygen atoms in total. The third kappa shape index (κ3) is 4.03. The van der Waals surface area contributed by atoms with E-state index in [2.05, 4.69) is 10.3 Å². The summed E-state index contributed by atoms with van der Waals surface area (Å²) in [5, 5.41) is 14.9. The topological polar surface area (TPSA) is 92.4 Å². The number of rotatable bonds is 5. The normalized spacial score (nSPS) is 21.2. The van der Waals surface area contributed by atoms with Crippen LogP contribution in [0, 0.1) is 5.92 Å². The minimum absolute atomic E-state index is 0.164. The Labute approximate surface area is 143 Å². The maximum absolute atomic E-state index is 12.3. The van der Waals surface area contributed by atoms with E-state index in [9.17, 15) is 14.7 Å². The monoisotopic (exact) mass is 348 g/mol. The third-order valence-electron chi connectivity index (χ3n) is 4.34. The molecule has 0 unspecified atom stereocenters. The Hall–Kier alpha value is -2.15. The van der Waals surface area contributed by atoms with Gasteiger partial charge in [0.15, 0.2) is 0 Å². The molecule has 2 atom stereocenters. The summed E-state index contributed by atoms with van der Waals surface area (Å²) in [6.45, 7) is 0. The number of hydrogen-bond acceptors (Lipinski definition) is 5. The van der Waals surface area contributed by atoms with E-state index in [0.717, 1.165) is 36.3 Å². The summed E-state index contributed by atoms with van der Waals surface area (Å²) in [5.74, 6) is -1.48. The van der Waals surface area contributed by atoms with Gasteiger partial charge in [-0.1, -0.05) is 19.3 Å². The van der Waals surface area contributed by atoms with Crippen molar-refractivity contribution in [1.29, 1.82) is 0 Å². The van der Waals surface area contributed by atoms with Crippen molar-refractivity contribution < 1.29 is 19.1 Å². The second-order valence-electron chi connectivity index (χ2n) is 6.09. The lowest BCUT2D eigenvalue weighted by molar-refractivity contribution is -0.143. The summed E-state index contributed by atoms with van der Waals surface area (Å²) in [6, 6.07) is 1.54. The summed E-state index contributed by atoms with van der Waals surface area (Å²) >= 11 is 1.46. The number of aromatic nitrogens is 1. The van der Waals surface area contributed by atoms with Gasteiger partial charge >= 0.3 is 5.97 Å². The lowest BCUT2D eigenvalue weighted by Gasteiger charge is -2.22. The highest BCUT2D eigenvalue weighted by Gasteiger charge is 2.30. The highest BCUT2D eigenvalue weighted by molar-refractivity contribution is 7.13. The van der Waals surface area contributed by atoms with Crippen LogP contribution in [0.2, 0.25) is 0 Å². The number of thiazole rings is 1. The van der Waals surface area contributed by atoms with Crippen LogP contribution in [0.4, 0.5) is 0 Å². The molecule has 128 valence electrons. The Morgan fingerprint density at radius 1 is 1.33 bits per heavy atom. The molecule has 2 aromatic heterocycles. The van der Waals surface area contributed by atoms with Crippen LogP contribution < -0.4 is 5.32 Å². The van der Waals surface area contributed by atoms with Gasteiger partial charge in [0.2, 0.25) is 5.91 Å². The number of nitrogens with zero attached hydrogens (tertiary/aromatic N) is 1. The van der Waals surface area contributed by atoms with E-state index < -0.39 is 11.9 Å². The minimum atomic E-state index is -0.821. The molecule has 0 bridgehead atoms. The van der Waals surface area contributed by atoms with Crippen LogP contribution in [-0.4, -0.2) is 28.0 Å². The number of nitrogens with one attached hydrogen (secondary N) is 1. The Kier molecular flexibility index (Phi) is 5.30. The molecule has 0 aliphatic heterocycles. The van der Waals surface area contributed by atoms with E-state index in [1.165, 1.54) is 11.3 Å². The molecule has 1 saturated carbocycles. The van der Waals surface area contributed by atoms with E-state index in [-0.39, 0.29) is 18.4 Å². The lowest BCUT2D eigenvalue weighted by atomic mass is 9.95. The molecule has 2 heterocycles. The number of furan rings is 1. The van der Waals surface area contributed by atoms with Crippen molar-refractivity contribution in [3.05, 3.63) is 29.7 Å². The molecule has 0 radical (unpaired) electrons. The van der Waals surface area contributed by atoms with Gasteiger partial charge in [0.25, 0.3) is 0 Å². The summed E-state index contributed by atoms with van der Waals surface area (Å²) in [7, 11) is 0. The molecular weight excluding hydrogens is 328 g/mol. The minimum Gasteiger partial charge on any atom is -0.481 e. The molecular formula is C17H20N2O4S. The van der Waals surface area contributed by atoms with Crippen molar-refractivity contribution in [2.75, 3.05) is 0 Å². The molecule has 2 aromatic rings. The predicted octanol–water partition coefficient (Wildman–Crippen LogP) is 3.10. The predicted molar refractivity (Wildman–Crippen MR) is 89.7 cm³/mol. The second-order valence-corrected chi connectivity index (χ2v) is 6.95. The zero-order valence-electron chi connectivity index (χ0n) is 13.2. The first-order valence-electron chi connectivity index (χ1n) is 8.12. The molecule has 0 aromatic carbocycles. The molecule has 24 heavy (non-hydrogen) atoms. The molecule has 0 saturated heterocycles. The molecule has 7 heteroatoms. The summed E-state index contributed by atoms with van der Waals surface area (Å²) in [6.07, 6.45) is 7.60. The van der Waals surface area contributed by atoms with Crippen molar-refractivity contribution in [3.8, 4) is 10.6 Å². The maximum Gasteiger partial charge on any atom is 0.308 e. The number of amides is 1. The number of carboxylic acids is 1. The molecule has 1 amide bonds. The molecule has 1 aliphatic carbocycles. The smallest absolute Gasteiger partial charge is 0.308 e. The van der Waals surface area contributed by atoms with Gasteiger partial charge < -0.3 is 14.8 Å². The van der Waals surface area contributed by atoms with Crippen molar-refractivity contribution >= 4 is 23.2 Å². The Morgan fingerprint density at radius 2 is 2.17 bits per heavy atom. The maximum atomic E-state index is 12.3. The van der Waals surface area contributed by atoms with Gasteiger partial charge in [0, 0.05) is 17.0 Å². The summed E-state index contributed by atoms with van der Waals surface area (Å²) in [4.78, 5) is 28.2. The van der Waals surface area contributed by atoms with E-state index in [1.54, 1.807) is 12.5 Å². The van der Waals surface area contributed by atoms with Gasteiger partial charge in [-0.2, -0.15) is 0 Å². The number of carboxylic acid groups (broad SMARTS) is 1. The van der Waals surface area contributed by atoms with Crippen LogP contribution in [-0.2, 0) is 16.0 Å². The first kappa shape index (κ1) is 16.7. The fraction of sp³-hybridized carbons (Fsp3) is 0.471. The average molecular weight is 348 g/mol. The van der Waals surface area contributed by atoms with E-state index >= 15 is 0 Å². The van der Waals surface area contributed by atoms with E-state index in [1.807, 2.05) is 11.4 Å². The van der Waals surface area contributed by atoms with E-state index in [4.69, 9.17) is 4.42 Å². The zero-order chi connectivity index (χ0) is 16.9. The molecule has 1 fully saturated rings. The number of aliphatic carboxylic acids is 1. The van der Waals surface area contributed by atoms with Gasteiger partial charge in [-0.25, -0.2) is 4.98 Å². The highest BCUT2D eigenvalue weighted by Crippen LogP contribution is 2.25. The molecule has 1 aliphatic rings. The third-order valence-corrected chi connectivity index (χ3v) is 5.28. The largest absolute Gasteiger partial charge is 0.481 e. The standard InChI is InChI=1S/C17H20N2O4S/c20-15(19-14-5-3-1-2-4-13(14)17(21)22)8-12-10-24-16(18-12)11-6-7-23-9-11/h6-7,9-10,13-14H,1-5,8H2,(H,19,20)(H,21,22)/t13-,14+/m1/s1. The molecule has 2 N–H and O–H groups in total. The van der Waals surface area contributed by atoms with Gasteiger partial charge in [0.05, 0.1) is 24.3 Å². The lowest BCUT2D eigenvalue weighted by Crippen LogP contribution is -2.43. The van der Waals surface area contributed by atoms with Crippen LogP contribution in [0.3, 0.4) is 0 Å². The highest BCUT2D eigenvalue weighted by atomic mass is 32.1. The summed E-state index contributed by atoms with van der Waals surface area (Å²) in [5.41, 5.74) is 1.58. The van der Waals surface area contributed by atoms with Gasteiger partial charge in [-0.15, -0.1) is 11.3 Å². The van der Waals surface area contributed by atoms with Crippen LogP contribution in [0.5, 0.6) is 0 Å². The van der Waals surface area contributed by atoms with Gasteiger partial charge in [-0.05, 0) is 18.9 Å².